The molecule has 2 aromatic heterocycles. The van der Waals surface area contributed by atoms with Gasteiger partial charge in [0.2, 0.25) is 5.88 Å². The number of benzene rings is 1. The molecule has 1 aliphatic carbocycles. The molecule has 0 unspecified atom stereocenters. The first-order chi connectivity index (χ1) is 12.9. The van der Waals surface area contributed by atoms with Gasteiger partial charge < -0.3 is 14.4 Å². The second-order valence-electron chi connectivity index (χ2n) is 6.32. The maximum absolute atomic E-state index is 12.6. The third kappa shape index (κ3) is 3.71. The molecule has 27 heavy (non-hydrogen) atoms. The molecule has 1 fully saturated rings. The van der Waals surface area contributed by atoms with Gasteiger partial charge in [-0.2, -0.15) is 13.2 Å². The van der Waals surface area contributed by atoms with Gasteiger partial charge in [0.25, 0.3) is 5.88 Å². The van der Waals surface area contributed by atoms with Crippen LogP contribution < -0.4 is 4.74 Å². The molecule has 1 aromatic carbocycles. The zero-order chi connectivity index (χ0) is 19.0. The van der Waals surface area contributed by atoms with Crippen molar-refractivity contribution in [1.29, 1.82) is 0 Å². The monoisotopic (exact) mass is 377 g/mol. The smallest absolute Gasteiger partial charge is 0.416 e. The number of halogens is 3. The lowest BCUT2D eigenvalue weighted by Gasteiger charge is -2.35. The van der Waals surface area contributed by atoms with E-state index < -0.39 is 11.7 Å². The highest BCUT2D eigenvalue weighted by Gasteiger charge is 2.34. The van der Waals surface area contributed by atoms with E-state index in [0.29, 0.717) is 24.4 Å². The largest absolute Gasteiger partial charge is 0.491 e. The van der Waals surface area contributed by atoms with Crippen LogP contribution in [0.25, 0.3) is 11.5 Å². The van der Waals surface area contributed by atoms with Crippen LogP contribution in [0.4, 0.5) is 13.2 Å². The first kappa shape index (κ1) is 17.3. The van der Waals surface area contributed by atoms with Crippen molar-refractivity contribution >= 4 is 0 Å². The van der Waals surface area contributed by atoms with Crippen molar-refractivity contribution in [2.45, 2.75) is 31.0 Å². The molecule has 0 radical (unpaired) electrons. The van der Waals surface area contributed by atoms with Crippen LogP contribution in [0.1, 0.15) is 29.9 Å². The molecule has 1 aliphatic rings. The van der Waals surface area contributed by atoms with Gasteiger partial charge in [0.15, 0.2) is 5.76 Å². The predicted octanol–water partition coefficient (Wildman–Crippen LogP) is 4.18. The Bertz CT molecular complexity index is 918. The first-order valence-corrected chi connectivity index (χ1v) is 8.20. The molecule has 0 aliphatic heterocycles. The molecule has 0 amide bonds. The Balaban J connectivity index is 1.32. The quantitative estimate of drug-likeness (QED) is 0.735. The van der Waals surface area contributed by atoms with Crippen molar-refractivity contribution in [3.05, 3.63) is 53.9 Å². The van der Waals surface area contributed by atoms with Gasteiger partial charge >= 0.3 is 6.18 Å². The summed E-state index contributed by atoms with van der Waals surface area (Å²) in [7, 11) is 0. The summed E-state index contributed by atoms with van der Waals surface area (Å²) in [6, 6.07) is 6.57. The van der Waals surface area contributed by atoms with Crippen LogP contribution in [0.2, 0.25) is 0 Å². The fraction of sp³-hybridized carbons (Fsp3) is 0.278. The predicted molar refractivity (Wildman–Crippen MR) is 87.0 cm³/mol. The SMILES string of the molecule is Oc1cc(-c2cnc(O[C@H]3C[C@@H](c4ccc(C(F)(F)F)cc4)C3)cn2)on1. The summed E-state index contributed by atoms with van der Waals surface area (Å²) in [5, 5.41) is 12.5. The van der Waals surface area contributed by atoms with Crippen molar-refractivity contribution in [3.8, 4) is 23.2 Å². The van der Waals surface area contributed by atoms with E-state index in [9.17, 15) is 13.2 Å². The molecular formula is C18H14F3N3O3. The van der Waals surface area contributed by atoms with Crippen LogP contribution in [-0.2, 0) is 6.18 Å². The van der Waals surface area contributed by atoms with Crippen molar-refractivity contribution in [1.82, 2.24) is 15.1 Å². The average molecular weight is 377 g/mol. The van der Waals surface area contributed by atoms with E-state index in [4.69, 9.17) is 14.4 Å². The molecule has 0 atom stereocenters. The number of alkyl halides is 3. The molecule has 2 heterocycles. The first-order valence-electron chi connectivity index (χ1n) is 8.20. The van der Waals surface area contributed by atoms with Crippen LogP contribution in [0.15, 0.2) is 47.2 Å². The Labute approximate surface area is 151 Å². The lowest BCUT2D eigenvalue weighted by atomic mass is 9.77. The molecule has 9 heteroatoms. The van der Waals surface area contributed by atoms with Crippen molar-refractivity contribution in [3.63, 3.8) is 0 Å². The number of rotatable bonds is 4. The normalized spacial score (nSPS) is 19.5. The summed E-state index contributed by atoms with van der Waals surface area (Å²) in [5.41, 5.74) is 0.634. The van der Waals surface area contributed by atoms with Gasteiger partial charge in [-0.05, 0) is 41.6 Å². The fourth-order valence-electron chi connectivity index (χ4n) is 2.94. The minimum atomic E-state index is -4.32. The molecule has 0 saturated heterocycles. The highest BCUT2D eigenvalue weighted by atomic mass is 19.4. The van der Waals surface area contributed by atoms with E-state index in [1.54, 1.807) is 0 Å². The topological polar surface area (TPSA) is 81.3 Å². The van der Waals surface area contributed by atoms with Crippen LogP contribution in [-0.4, -0.2) is 26.3 Å². The molecule has 6 nitrogen and oxygen atoms in total. The number of hydrogen-bond donors (Lipinski definition) is 1. The molecular weight excluding hydrogens is 363 g/mol. The van der Waals surface area contributed by atoms with Crippen LogP contribution in [0, 0.1) is 0 Å². The van der Waals surface area contributed by atoms with E-state index in [0.717, 1.165) is 17.7 Å². The van der Waals surface area contributed by atoms with E-state index in [1.807, 2.05) is 0 Å². The van der Waals surface area contributed by atoms with Gasteiger partial charge in [0.05, 0.1) is 24.0 Å². The zero-order valence-corrected chi connectivity index (χ0v) is 13.8. The summed E-state index contributed by atoms with van der Waals surface area (Å²) in [5.74, 6) is 0.563. The van der Waals surface area contributed by atoms with Gasteiger partial charge in [-0.3, -0.25) is 0 Å². The summed E-state index contributed by atoms with van der Waals surface area (Å²) in [6.07, 6.45) is -0.0947. The van der Waals surface area contributed by atoms with E-state index >= 15 is 0 Å². The van der Waals surface area contributed by atoms with E-state index in [2.05, 4.69) is 15.1 Å². The van der Waals surface area contributed by atoms with Crippen LogP contribution >= 0.6 is 0 Å². The third-order valence-electron chi connectivity index (χ3n) is 4.47. The Morgan fingerprint density at radius 2 is 1.81 bits per heavy atom. The summed E-state index contributed by atoms with van der Waals surface area (Å²) >= 11 is 0. The van der Waals surface area contributed by atoms with Crippen molar-refractivity contribution in [2.75, 3.05) is 0 Å². The fourth-order valence-corrected chi connectivity index (χ4v) is 2.94. The number of ether oxygens (including phenoxy) is 1. The van der Waals surface area contributed by atoms with Crippen LogP contribution in [0.3, 0.4) is 0 Å². The van der Waals surface area contributed by atoms with Crippen molar-refractivity contribution in [2.24, 2.45) is 0 Å². The summed E-state index contributed by atoms with van der Waals surface area (Å²) < 4.78 is 48.4. The minimum Gasteiger partial charge on any atom is -0.491 e. The Morgan fingerprint density at radius 1 is 1.07 bits per heavy atom. The Kier molecular flexibility index (Phi) is 4.21. The van der Waals surface area contributed by atoms with Crippen LogP contribution in [0.5, 0.6) is 11.8 Å². The van der Waals surface area contributed by atoms with Gasteiger partial charge in [-0.1, -0.05) is 12.1 Å². The van der Waals surface area contributed by atoms with Gasteiger partial charge in [-0.15, -0.1) is 0 Å². The van der Waals surface area contributed by atoms with E-state index in [-0.39, 0.29) is 23.7 Å². The third-order valence-corrected chi connectivity index (χ3v) is 4.47. The minimum absolute atomic E-state index is 0.0632. The van der Waals surface area contributed by atoms with Crippen molar-refractivity contribution < 1.29 is 27.5 Å². The molecule has 3 aromatic rings. The second-order valence-corrected chi connectivity index (χ2v) is 6.32. The highest BCUT2D eigenvalue weighted by molar-refractivity contribution is 5.51. The zero-order valence-electron chi connectivity index (χ0n) is 13.8. The second kappa shape index (κ2) is 6.57. The Hall–Kier alpha value is -3.10. The maximum atomic E-state index is 12.6. The van der Waals surface area contributed by atoms with Gasteiger partial charge in [0, 0.05) is 0 Å². The summed E-state index contributed by atoms with van der Waals surface area (Å²) in [6.45, 7) is 0. The molecule has 140 valence electrons. The maximum Gasteiger partial charge on any atom is 0.416 e. The van der Waals surface area contributed by atoms with Gasteiger partial charge in [0.1, 0.15) is 11.8 Å². The molecule has 0 spiro atoms. The number of aromatic hydroxyl groups is 1. The Morgan fingerprint density at radius 3 is 2.37 bits per heavy atom. The molecule has 0 bridgehead atoms. The molecule has 1 N–H and O–H groups in total. The van der Waals surface area contributed by atoms with E-state index in [1.165, 1.54) is 30.6 Å². The lowest BCUT2D eigenvalue weighted by molar-refractivity contribution is -0.137. The number of hydrogen-bond acceptors (Lipinski definition) is 6. The lowest BCUT2D eigenvalue weighted by Crippen LogP contribution is -2.32. The number of aromatic nitrogens is 3. The summed E-state index contributed by atoms with van der Waals surface area (Å²) in [4.78, 5) is 8.29. The molecule has 1 saturated carbocycles. The standard InChI is InChI=1S/C18H14F3N3O3/c19-18(20,21)12-3-1-10(2-4-12)11-5-13(6-11)26-17-9-22-14(8-23-17)15-7-16(25)24-27-15/h1-4,7-9,11,13H,5-6H2,(H,24,25)/t11-,13+. The molecule has 4 rings (SSSR count). The highest BCUT2D eigenvalue weighted by Crippen LogP contribution is 2.40. The average Bonchev–Trinajstić information content (AvgIpc) is 3.04. The van der Waals surface area contributed by atoms with Gasteiger partial charge in [-0.25, -0.2) is 9.97 Å². The number of nitrogens with zero attached hydrogens (tertiary/aromatic N) is 3.